The molecule has 0 atom stereocenters. The molecule has 0 saturated carbocycles. The fourth-order valence-electron chi connectivity index (χ4n) is 1.94. The Hall–Kier alpha value is -1.42. The first-order chi connectivity index (χ1) is 8.86. The average molecular weight is 284 g/mol. The Morgan fingerprint density at radius 2 is 2.00 bits per heavy atom. The summed E-state index contributed by atoms with van der Waals surface area (Å²) >= 11 is 6.32. The molecule has 0 radical (unpaired) electrons. The molecular weight excluding hydrogens is 262 g/mol. The lowest BCUT2D eigenvalue weighted by molar-refractivity contribution is 0.318. The van der Waals surface area contributed by atoms with Crippen LogP contribution in [0.3, 0.4) is 0 Å². The van der Waals surface area contributed by atoms with Crippen LogP contribution in [-0.4, -0.2) is 23.6 Å². The van der Waals surface area contributed by atoms with Crippen molar-refractivity contribution in [2.24, 2.45) is 16.8 Å². The van der Waals surface area contributed by atoms with Crippen LogP contribution in [0.5, 0.6) is 0 Å². The Morgan fingerprint density at radius 1 is 1.37 bits per heavy atom. The topological polar surface area (TPSA) is 61.8 Å². The number of halogens is 1. The van der Waals surface area contributed by atoms with E-state index in [0.717, 1.165) is 12.2 Å². The van der Waals surface area contributed by atoms with E-state index in [1.807, 2.05) is 12.1 Å². The maximum atomic E-state index is 8.67. The number of hydrogen-bond donors (Lipinski definition) is 2. The number of amidine groups is 1. The summed E-state index contributed by atoms with van der Waals surface area (Å²) in [6.45, 7) is 9.55. The fraction of sp³-hybridized carbons (Fsp3) is 0.500. The van der Waals surface area contributed by atoms with Crippen molar-refractivity contribution in [1.82, 2.24) is 0 Å². The second-order valence-corrected chi connectivity index (χ2v) is 5.70. The van der Waals surface area contributed by atoms with Crippen molar-refractivity contribution in [3.63, 3.8) is 0 Å². The van der Waals surface area contributed by atoms with Gasteiger partial charge >= 0.3 is 0 Å². The summed E-state index contributed by atoms with van der Waals surface area (Å²) in [6, 6.07) is 5.81. The molecule has 19 heavy (non-hydrogen) atoms. The minimum Gasteiger partial charge on any atom is -0.409 e. The molecule has 106 valence electrons. The highest BCUT2D eigenvalue weighted by Gasteiger charge is 2.16. The van der Waals surface area contributed by atoms with E-state index in [-0.39, 0.29) is 5.84 Å². The first-order valence-electron chi connectivity index (χ1n) is 6.40. The Labute approximate surface area is 119 Å². The predicted molar refractivity (Wildman–Crippen MR) is 81.3 cm³/mol. The summed E-state index contributed by atoms with van der Waals surface area (Å²) in [6.07, 6.45) is 0. The van der Waals surface area contributed by atoms with Gasteiger partial charge in [0, 0.05) is 18.2 Å². The van der Waals surface area contributed by atoms with Crippen molar-refractivity contribution in [2.75, 3.05) is 11.4 Å². The summed E-state index contributed by atoms with van der Waals surface area (Å²) in [4.78, 5) is 2.25. The van der Waals surface area contributed by atoms with Crippen LogP contribution in [-0.2, 0) is 0 Å². The third-order valence-corrected chi connectivity index (χ3v) is 3.15. The van der Waals surface area contributed by atoms with Crippen LogP contribution in [0.2, 0.25) is 5.02 Å². The van der Waals surface area contributed by atoms with E-state index in [2.05, 4.69) is 37.8 Å². The van der Waals surface area contributed by atoms with Crippen molar-refractivity contribution in [3.8, 4) is 0 Å². The predicted octanol–water partition coefficient (Wildman–Crippen LogP) is 3.31. The van der Waals surface area contributed by atoms with Crippen LogP contribution in [0.15, 0.2) is 23.4 Å². The van der Waals surface area contributed by atoms with Crippen molar-refractivity contribution in [3.05, 3.63) is 28.8 Å². The summed E-state index contributed by atoms with van der Waals surface area (Å²) < 4.78 is 0. The first-order valence-corrected chi connectivity index (χ1v) is 6.78. The lowest BCUT2D eigenvalue weighted by atomic mass is 10.1. The van der Waals surface area contributed by atoms with Gasteiger partial charge in [0.1, 0.15) is 0 Å². The van der Waals surface area contributed by atoms with Gasteiger partial charge in [-0.1, -0.05) is 30.6 Å². The highest BCUT2D eigenvalue weighted by molar-refractivity contribution is 6.33. The van der Waals surface area contributed by atoms with Crippen molar-refractivity contribution in [2.45, 2.75) is 33.7 Å². The van der Waals surface area contributed by atoms with Gasteiger partial charge in [-0.2, -0.15) is 0 Å². The minimum absolute atomic E-state index is 0.0633. The molecule has 0 spiro atoms. The number of nitrogens with two attached hydrogens (primary N) is 1. The zero-order valence-corrected chi connectivity index (χ0v) is 12.6. The number of anilines is 1. The highest BCUT2D eigenvalue weighted by atomic mass is 35.5. The minimum atomic E-state index is 0.0633. The number of benzene rings is 1. The van der Waals surface area contributed by atoms with Gasteiger partial charge in [0.2, 0.25) is 0 Å². The van der Waals surface area contributed by atoms with Gasteiger partial charge < -0.3 is 15.8 Å². The van der Waals surface area contributed by atoms with Crippen LogP contribution >= 0.6 is 11.6 Å². The summed E-state index contributed by atoms with van der Waals surface area (Å²) in [5, 5.41) is 12.3. The molecule has 3 N–H and O–H groups in total. The molecule has 0 aliphatic carbocycles. The molecule has 5 heteroatoms. The van der Waals surface area contributed by atoms with Crippen LogP contribution in [0.4, 0.5) is 5.69 Å². The van der Waals surface area contributed by atoms with E-state index < -0.39 is 0 Å². The molecular formula is C14H22ClN3O. The molecule has 0 aromatic heterocycles. The molecule has 0 heterocycles. The Morgan fingerprint density at radius 3 is 2.42 bits per heavy atom. The molecule has 0 aliphatic heterocycles. The summed E-state index contributed by atoms with van der Waals surface area (Å²) in [5.74, 6) is 0.607. The van der Waals surface area contributed by atoms with Crippen molar-refractivity contribution in [1.29, 1.82) is 0 Å². The molecule has 1 rings (SSSR count). The standard InChI is InChI=1S/C14H22ClN3O/c1-9(2)8-18(10(3)4)13-6-5-11(7-12(13)15)14(16)17-19/h5-7,9-10,19H,8H2,1-4H3,(H2,16,17). The zero-order chi connectivity index (χ0) is 14.6. The Bertz CT molecular complexity index is 458. The quantitative estimate of drug-likeness (QED) is 0.377. The van der Waals surface area contributed by atoms with E-state index in [1.54, 1.807) is 6.07 Å². The molecule has 4 nitrogen and oxygen atoms in total. The number of nitrogens with zero attached hydrogens (tertiary/aromatic N) is 2. The summed E-state index contributed by atoms with van der Waals surface area (Å²) in [7, 11) is 0. The van der Waals surface area contributed by atoms with Gasteiger partial charge in [-0.25, -0.2) is 0 Å². The van der Waals surface area contributed by atoms with E-state index in [9.17, 15) is 0 Å². The SMILES string of the molecule is CC(C)CN(c1ccc(C(N)=NO)cc1Cl)C(C)C. The molecule has 0 amide bonds. The molecule has 0 fully saturated rings. The van der Waals surface area contributed by atoms with Crippen LogP contribution in [0.1, 0.15) is 33.3 Å². The Kier molecular flexibility index (Phi) is 5.48. The molecule has 1 aromatic rings. The lowest BCUT2D eigenvalue weighted by Crippen LogP contribution is -2.34. The smallest absolute Gasteiger partial charge is 0.170 e. The molecule has 1 aromatic carbocycles. The van der Waals surface area contributed by atoms with Gasteiger partial charge in [-0.3, -0.25) is 0 Å². The number of rotatable bonds is 5. The largest absolute Gasteiger partial charge is 0.409 e. The van der Waals surface area contributed by atoms with Crippen molar-refractivity contribution >= 4 is 23.1 Å². The van der Waals surface area contributed by atoms with Crippen LogP contribution in [0, 0.1) is 5.92 Å². The Balaban J connectivity index is 3.12. The van der Waals surface area contributed by atoms with Gasteiger partial charge in [0.15, 0.2) is 5.84 Å². The first kappa shape index (κ1) is 15.6. The number of hydrogen-bond acceptors (Lipinski definition) is 3. The van der Waals surface area contributed by atoms with Gasteiger partial charge in [-0.15, -0.1) is 0 Å². The monoisotopic (exact) mass is 283 g/mol. The summed E-state index contributed by atoms with van der Waals surface area (Å²) in [5.41, 5.74) is 7.14. The normalized spacial score (nSPS) is 12.3. The maximum absolute atomic E-state index is 8.67. The lowest BCUT2D eigenvalue weighted by Gasteiger charge is -2.31. The second kappa shape index (κ2) is 6.66. The van der Waals surface area contributed by atoms with Gasteiger partial charge in [-0.05, 0) is 38.0 Å². The van der Waals surface area contributed by atoms with Gasteiger partial charge in [0.05, 0.1) is 10.7 Å². The highest BCUT2D eigenvalue weighted by Crippen LogP contribution is 2.29. The number of oxime groups is 1. The molecule has 0 saturated heterocycles. The fourth-order valence-corrected chi connectivity index (χ4v) is 2.23. The third kappa shape index (κ3) is 4.03. The van der Waals surface area contributed by atoms with E-state index in [1.165, 1.54) is 0 Å². The van der Waals surface area contributed by atoms with Gasteiger partial charge in [0.25, 0.3) is 0 Å². The third-order valence-electron chi connectivity index (χ3n) is 2.85. The van der Waals surface area contributed by atoms with Crippen molar-refractivity contribution < 1.29 is 5.21 Å². The average Bonchev–Trinajstić information content (AvgIpc) is 2.34. The van der Waals surface area contributed by atoms with E-state index in [4.69, 9.17) is 22.5 Å². The maximum Gasteiger partial charge on any atom is 0.170 e. The zero-order valence-electron chi connectivity index (χ0n) is 11.9. The molecule has 0 aliphatic rings. The van der Waals surface area contributed by atoms with Crippen LogP contribution < -0.4 is 10.6 Å². The van der Waals surface area contributed by atoms with E-state index >= 15 is 0 Å². The molecule has 0 unspecified atom stereocenters. The molecule has 0 bridgehead atoms. The second-order valence-electron chi connectivity index (χ2n) is 5.29. The van der Waals surface area contributed by atoms with Crippen LogP contribution in [0.25, 0.3) is 0 Å². The van der Waals surface area contributed by atoms with E-state index in [0.29, 0.717) is 22.5 Å².